The van der Waals surface area contributed by atoms with Crippen LogP contribution in [0, 0.1) is 0 Å². The van der Waals surface area contributed by atoms with Gasteiger partial charge in [0.25, 0.3) is 0 Å². The molecule has 0 aliphatic carbocycles. The lowest BCUT2D eigenvalue weighted by atomic mass is 10.8. The normalized spacial score (nSPS) is 25.4. The molecule has 0 aromatic heterocycles. The van der Waals surface area contributed by atoms with Crippen molar-refractivity contribution in [2.24, 2.45) is 4.36 Å². The Balaban J connectivity index is 2.70. The average molecular weight is 147 g/mol. The summed E-state index contributed by atoms with van der Waals surface area (Å²) >= 11 is 0. The van der Waals surface area contributed by atoms with Gasteiger partial charge in [0.05, 0.1) is 13.2 Å². The zero-order chi connectivity index (χ0) is 6.74. The van der Waals surface area contributed by atoms with E-state index in [2.05, 4.69) is 10.2 Å². The smallest absolute Gasteiger partial charge is 0.0561 e. The number of hydrogen-bond acceptors (Lipinski definition) is 2. The summed E-state index contributed by atoms with van der Waals surface area (Å²) in [4.78, 5) is 0. The van der Waals surface area contributed by atoms with Crippen LogP contribution in [0.5, 0.6) is 0 Å². The molecule has 0 bridgehead atoms. The minimum absolute atomic E-state index is 0.828. The Kier molecular flexibility index (Phi) is 2.13. The number of nitrogens with zero attached hydrogens (tertiary/aromatic N) is 1. The first-order valence-electron chi connectivity index (χ1n) is 3.07. The highest BCUT2D eigenvalue weighted by Gasteiger charge is 2.06. The second-order valence-electron chi connectivity index (χ2n) is 2.20. The van der Waals surface area contributed by atoms with Gasteiger partial charge < -0.3 is 4.74 Å². The van der Waals surface area contributed by atoms with Crippen molar-refractivity contribution < 1.29 is 4.74 Å². The lowest BCUT2D eigenvalue weighted by Gasteiger charge is -2.19. The number of hydrogen-bond donors (Lipinski definition) is 0. The molecule has 3 heteroatoms. The molecule has 0 unspecified atom stereocenters. The molecule has 0 amide bonds. The first kappa shape index (κ1) is 7.09. The lowest BCUT2D eigenvalue weighted by molar-refractivity contribution is 0.160. The van der Waals surface area contributed by atoms with Crippen LogP contribution in [-0.4, -0.2) is 37.6 Å². The molecule has 0 aromatic carbocycles. The topological polar surface area (TPSA) is 21.6 Å². The van der Waals surface area contributed by atoms with Crippen LogP contribution in [0.4, 0.5) is 0 Å². The molecule has 1 heterocycles. The summed E-state index contributed by atoms with van der Waals surface area (Å²) in [5, 5.41) is 0. The molecule has 0 aromatic rings. The molecule has 0 N–H and O–H groups in total. The van der Waals surface area contributed by atoms with Crippen molar-refractivity contribution in [2.75, 3.05) is 31.8 Å². The highest BCUT2D eigenvalue weighted by molar-refractivity contribution is 8.02. The van der Waals surface area contributed by atoms with Crippen LogP contribution >= 0.6 is 0 Å². The van der Waals surface area contributed by atoms with Gasteiger partial charge in [-0.25, -0.2) is 0 Å². The maximum Gasteiger partial charge on any atom is 0.0561 e. The van der Waals surface area contributed by atoms with E-state index in [1.54, 1.807) is 0 Å². The van der Waals surface area contributed by atoms with Crippen LogP contribution in [0.25, 0.3) is 0 Å². The molecule has 0 spiro atoms. The van der Waals surface area contributed by atoms with Gasteiger partial charge in [-0.1, -0.05) is 5.87 Å². The van der Waals surface area contributed by atoms with E-state index >= 15 is 0 Å². The summed E-state index contributed by atoms with van der Waals surface area (Å²) in [7, 11) is 1.04. The molecule has 1 aliphatic rings. The zero-order valence-electron chi connectivity index (χ0n) is 5.80. The van der Waals surface area contributed by atoms with E-state index in [0.29, 0.717) is 0 Å². The first-order chi connectivity index (χ1) is 4.27. The van der Waals surface area contributed by atoms with Gasteiger partial charge in [0.1, 0.15) is 0 Å². The quantitative estimate of drug-likeness (QED) is 0.455. The fourth-order valence-corrected chi connectivity index (χ4v) is 2.24. The van der Waals surface area contributed by atoms with E-state index in [0.717, 1.165) is 24.7 Å². The Morgan fingerprint density at radius 2 is 2.00 bits per heavy atom. The van der Waals surface area contributed by atoms with E-state index in [4.69, 9.17) is 4.74 Å². The Labute approximate surface area is 56.9 Å². The minimum Gasteiger partial charge on any atom is -0.380 e. The van der Waals surface area contributed by atoms with Crippen molar-refractivity contribution in [3.63, 3.8) is 0 Å². The maximum atomic E-state index is 5.19. The fourth-order valence-electron chi connectivity index (χ4n) is 0.815. The number of rotatable bonds is 0. The SMILES string of the molecule is C=S1(=NC)CCOCC1. The molecule has 0 radical (unpaired) electrons. The Bertz CT molecular complexity index is 179. The van der Waals surface area contributed by atoms with Gasteiger partial charge in [-0.3, -0.25) is 4.36 Å². The van der Waals surface area contributed by atoms with Crippen molar-refractivity contribution in [3.05, 3.63) is 0 Å². The van der Waals surface area contributed by atoms with Crippen molar-refractivity contribution in [1.29, 1.82) is 0 Å². The Morgan fingerprint density at radius 1 is 1.44 bits per heavy atom. The standard InChI is InChI=1S/C6H13NOS/c1-7-9(2)5-3-8-4-6-9/h2-6H2,1H3. The monoisotopic (exact) mass is 147 g/mol. The van der Waals surface area contributed by atoms with Crippen molar-refractivity contribution >= 4 is 15.3 Å². The molecule has 1 rings (SSSR count). The van der Waals surface area contributed by atoms with E-state index in [1.165, 1.54) is 0 Å². The van der Waals surface area contributed by atoms with Gasteiger partial charge in [-0.05, 0) is 0 Å². The largest absolute Gasteiger partial charge is 0.380 e. The minimum atomic E-state index is -0.828. The van der Waals surface area contributed by atoms with E-state index in [1.807, 2.05) is 7.05 Å². The van der Waals surface area contributed by atoms with Crippen LogP contribution < -0.4 is 0 Å². The second kappa shape index (κ2) is 2.71. The van der Waals surface area contributed by atoms with Gasteiger partial charge >= 0.3 is 0 Å². The molecule has 2 nitrogen and oxygen atoms in total. The second-order valence-corrected chi connectivity index (χ2v) is 5.38. The molecule has 9 heavy (non-hydrogen) atoms. The highest BCUT2D eigenvalue weighted by atomic mass is 32.2. The van der Waals surface area contributed by atoms with Crippen LogP contribution in [0.15, 0.2) is 4.36 Å². The average Bonchev–Trinajstić information content (AvgIpc) is 1.90. The molecule has 1 aliphatic heterocycles. The summed E-state index contributed by atoms with van der Waals surface area (Å²) in [6.45, 7) is 1.71. The third-order valence-corrected chi connectivity index (χ3v) is 4.23. The van der Waals surface area contributed by atoms with Gasteiger partial charge in [0, 0.05) is 18.6 Å². The maximum absolute atomic E-state index is 5.19. The van der Waals surface area contributed by atoms with E-state index in [-0.39, 0.29) is 0 Å². The summed E-state index contributed by atoms with van der Waals surface area (Å²) in [6, 6.07) is 0. The Morgan fingerprint density at radius 3 is 2.33 bits per heavy atom. The van der Waals surface area contributed by atoms with Crippen LogP contribution in [-0.2, 0) is 14.2 Å². The first-order valence-corrected chi connectivity index (χ1v) is 5.17. The summed E-state index contributed by atoms with van der Waals surface area (Å²) in [5.41, 5.74) is 0. The van der Waals surface area contributed by atoms with E-state index < -0.39 is 9.41 Å². The molecule has 1 saturated heterocycles. The van der Waals surface area contributed by atoms with Gasteiger partial charge in [0.15, 0.2) is 0 Å². The molecular weight excluding hydrogens is 134 g/mol. The molecule has 54 valence electrons. The van der Waals surface area contributed by atoms with Crippen LogP contribution in [0.1, 0.15) is 0 Å². The summed E-state index contributed by atoms with van der Waals surface area (Å²) in [6.07, 6.45) is 0. The third kappa shape index (κ3) is 1.69. The highest BCUT2D eigenvalue weighted by Crippen LogP contribution is 2.01. The molecule has 0 atom stereocenters. The molecule has 1 fully saturated rings. The zero-order valence-corrected chi connectivity index (χ0v) is 6.62. The van der Waals surface area contributed by atoms with E-state index in [9.17, 15) is 0 Å². The Hall–Kier alpha value is -0.0200. The number of ether oxygens (including phenoxy) is 1. The predicted octanol–water partition coefficient (Wildman–Crippen LogP) is 0.416. The fraction of sp³-hybridized carbons (Fsp3) is 0.833. The van der Waals surface area contributed by atoms with Crippen molar-refractivity contribution in [3.8, 4) is 0 Å². The lowest BCUT2D eigenvalue weighted by Crippen LogP contribution is -2.25. The van der Waals surface area contributed by atoms with Crippen molar-refractivity contribution in [2.45, 2.75) is 0 Å². The van der Waals surface area contributed by atoms with Crippen LogP contribution in [0.3, 0.4) is 0 Å². The molecular formula is C6H13NOS. The molecule has 0 saturated carbocycles. The summed E-state index contributed by atoms with van der Waals surface area (Å²) < 4.78 is 9.46. The van der Waals surface area contributed by atoms with Gasteiger partial charge in [0.2, 0.25) is 0 Å². The van der Waals surface area contributed by atoms with Crippen molar-refractivity contribution in [1.82, 2.24) is 0 Å². The predicted molar refractivity (Wildman–Crippen MR) is 43.4 cm³/mol. The van der Waals surface area contributed by atoms with Gasteiger partial charge in [-0.2, -0.15) is 0 Å². The van der Waals surface area contributed by atoms with Gasteiger partial charge in [-0.15, -0.1) is 9.41 Å². The third-order valence-electron chi connectivity index (χ3n) is 1.60. The van der Waals surface area contributed by atoms with Crippen LogP contribution in [0.2, 0.25) is 0 Å². The summed E-state index contributed by atoms with van der Waals surface area (Å²) in [5.74, 6) is 6.20.